The maximum Gasteiger partial charge on any atom is 0.0487 e. The summed E-state index contributed by atoms with van der Waals surface area (Å²) in [6.07, 6.45) is 5.02. The number of hydrogen-bond acceptors (Lipinski definition) is 1. The molecule has 0 radical (unpaired) electrons. The maximum absolute atomic E-state index is 6.26. The van der Waals surface area contributed by atoms with Crippen LogP contribution in [0.1, 0.15) is 43.5 Å². The number of aromatic nitrogens is 1. The van der Waals surface area contributed by atoms with E-state index in [-0.39, 0.29) is 0 Å². The number of fused-ring (bicyclic) bond motifs is 6. The van der Waals surface area contributed by atoms with Crippen LogP contribution in [-0.4, -0.2) is 22.6 Å². The first-order valence-corrected chi connectivity index (χ1v) is 8.11. The molecule has 0 N–H and O–H groups in total. The molecule has 2 atom stereocenters. The Hall–Kier alpha value is -0.990. The SMILES string of the molecule is CCCn1c2c(c3cc(Cl)ccc31)C1CCC(C2)N1C. The molecule has 0 amide bonds. The molecule has 2 aliphatic heterocycles. The first-order valence-electron chi connectivity index (χ1n) is 7.73. The summed E-state index contributed by atoms with van der Waals surface area (Å²) in [5.41, 5.74) is 4.52. The van der Waals surface area contributed by atoms with E-state index in [0.717, 1.165) is 17.6 Å². The van der Waals surface area contributed by atoms with Crippen LogP contribution >= 0.6 is 11.6 Å². The summed E-state index contributed by atoms with van der Waals surface area (Å²) in [5, 5.41) is 2.25. The summed E-state index contributed by atoms with van der Waals surface area (Å²) < 4.78 is 2.55. The van der Waals surface area contributed by atoms with Gasteiger partial charge in [0.05, 0.1) is 0 Å². The number of hydrogen-bond donors (Lipinski definition) is 0. The lowest BCUT2D eigenvalue weighted by Gasteiger charge is -2.32. The predicted molar refractivity (Wildman–Crippen MR) is 84.5 cm³/mol. The van der Waals surface area contributed by atoms with E-state index in [0.29, 0.717) is 6.04 Å². The van der Waals surface area contributed by atoms with E-state index < -0.39 is 0 Å². The van der Waals surface area contributed by atoms with Crippen molar-refractivity contribution in [1.29, 1.82) is 0 Å². The minimum absolute atomic E-state index is 0.600. The molecule has 1 fully saturated rings. The van der Waals surface area contributed by atoms with Gasteiger partial charge in [-0.3, -0.25) is 4.90 Å². The van der Waals surface area contributed by atoms with E-state index in [1.165, 1.54) is 36.6 Å². The zero-order chi connectivity index (χ0) is 13.9. The number of likely N-dealkylation sites (N-methyl/N-ethyl adjacent to an activating group) is 1. The van der Waals surface area contributed by atoms with E-state index in [1.54, 1.807) is 11.3 Å². The third-order valence-corrected chi connectivity index (χ3v) is 5.46. The number of nitrogens with zero attached hydrogens (tertiary/aromatic N) is 2. The normalized spacial score (nSPS) is 25.4. The zero-order valence-electron chi connectivity index (χ0n) is 12.2. The molecule has 106 valence electrons. The van der Waals surface area contributed by atoms with Crippen LogP contribution in [0.15, 0.2) is 18.2 Å². The fraction of sp³-hybridized carbons (Fsp3) is 0.529. The van der Waals surface area contributed by atoms with Crippen LogP contribution in [0.4, 0.5) is 0 Å². The minimum Gasteiger partial charge on any atom is -0.344 e. The first kappa shape index (κ1) is 12.7. The smallest absolute Gasteiger partial charge is 0.0487 e. The fourth-order valence-electron chi connectivity index (χ4n) is 4.31. The third-order valence-electron chi connectivity index (χ3n) is 5.23. The van der Waals surface area contributed by atoms with Crippen LogP contribution in [0, 0.1) is 0 Å². The summed E-state index contributed by atoms with van der Waals surface area (Å²) in [4.78, 5) is 2.58. The molecule has 3 heteroatoms. The molecule has 1 saturated heterocycles. The predicted octanol–water partition coefficient (Wildman–Crippen LogP) is 4.40. The van der Waals surface area contributed by atoms with Gasteiger partial charge in [0.2, 0.25) is 0 Å². The third kappa shape index (κ3) is 1.61. The second-order valence-corrected chi connectivity index (χ2v) is 6.73. The number of benzene rings is 1. The Kier molecular flexibility index (Phi) is 2.87. The van der Waals surface area contributed by atoms with Crippen LogP contribution in [-0.2, 0) is 13.0 Å². The van der Waals surface area contributed by atoms with Gasteiger partial charge in [-0.05, 0) is 50.1 Å². The van der Waals surface area contributed by atoms with E-state index in [9.17, 15) is 0 Å². The van der Waals surface area contributed by atoms with Gasteiger partial charge in [-0.25, -0.2) is 0 Å². The zero-order valence-corrected chi connectivity index (χ0v) is 13.0. The molecular weight excluding hydrogens is 268 g/mol. The molecule has 2 unspecified atom stereocenters. The number of rotatable bonds is 2. The Labute approximate surface area is 125 Å². The van der Waals surface area contributed by atoms with Crippen LogP contribution in [0.3, 0.4) is 0 Å². The molecule has 0 spiro atoms. The second kappa shape index (κ2) is 4.51. The quantitative estimate of drug-likeness (QED) is 0.795. The van der Waals surface area contributed by atoms with E-state index >= 15 is 0 Å². The molecule has 2 bridgehead atoms. The van der Waals surface area contributed by atoms with Gasteiger partial charge >= 0.3 is 0 Å². The van der Waals surface area contributed by atoms with Crippen molar-refractivity contribution >= 4 is 22.5 Å². The van der Waals surface area contributed by atoms with Crippen molar-refractivity contribution in [2.45, 2.75) is 51.2 Å². The molecule has 1 aromatic heterocycles. The largest absolute Gasteiger partial charge is 0.344 e. The topological polar surface area (TPSA) is 8.17 Å². The monoisotopic (exact) mass is 288 g/mol. The standard InChI is InChI=1S/C17H21ClN2/c1-3-8-20-14-6-4-11(18)9-13(14)17-15-7-5-12(19(15)2)10-16(17)20/h4,6,9,12,15H,3,5,7-8,10H2,1-2H3. The second-order valence-electron chi connectivity index (χ2n) is 6.29. The van der Waals surface area contributed by atoms with Crippen LogP contribution in [0.5, 0.6) is 0 Å². The van der Waals surface area contributed by atoms with Crippen LogP contribution < -0.4 is 0 Å². The fourth-order valence-corrected chi connectivity index (χ4v) is 4.48. The lowest BCUT2D eigenvalue weighted by molar-refractivity contribution is 0.222. The molecule has 4 rings (SSSR count). The van der Waals surface area contributed by atoms with E-state index in [2.05, 4.69) is 35.6 Å². The van der Waals surface area contributed by atoms with Crippen LogP contribution in [0.2, 0.25) is 5.02 Å². The Morgan fingerprint density at radius 2 is 2.15 bits per heavy atom. The van der Waals surface area contributed by atoms with E-state index in [1.807, 2.05) is 6.07 Å². The van der Waals surface area contributed by atoms with Crippen molar-refractivity contribution in [1.82, 2.24) is 9.47 Å². The number of halogens is 1. The van der Waals surface area contributed by atoms with Crippen molar-refractivity contribution in [2.24, 2.45) is 0 Å². The van der Waals surface area contributed by atoms with Crippen molar-refractivity contribution in [3.63, 3.8) is 0 Å². The Balaban J connectivity index is 2.02. The van der Waals surface area contributed by atoms with Crippen molar-refractivity contribution in [2.75, 3.05) is 7.05 Å². The lowest BCUT2D eigenvalue weighted by atomic mass is 9.97. The molecule has 1 aromatic carbocycles. The van der Waals surface area contributed by atoms with Crippen molar-refractivity contribution in [3.8, 4) is 0 Å². The van der Waals surface area contributed by atoms with Crippen LogP contribution in [0.25, 0.3) is 10.9 Å². The van der Waals surface area contributed by atoms with Gasteiger partial charge in [0.1, 0.15) is 0 Å². The van der Waals surface area contributed by atoms with Gasteiger partial charge in [0.15, 0.2) is 0 Å². The molecular formula is C17H21ClN2. The molecule has 0 aliphatic carbocycles. The summed E-state index contributed by atoms with van der Waals surface area (Å²) in [5.74, 6) is 0. The highest BCUT2D eigenvalue weighted by molar-refractivity contribution is 6.31. The molecule has 20 heavy (non-hydrogen) atoms. The molecule has 3 heterocycles. The highest BCUT2D eigenvalue weighted by atomic mass is 35.5. The van der Waals surface area contributed by atoms with Gasteiger partial charge in [0, 0.05) is 46.7 Å². The minimum atomic E-state index is 0.600. The van der Waals surface area contributed by atoms with Gasteiger partial charge in [0.25, 0.3) is 0 Å². The Morgan fingerprint density at radius 3 is 2.95 bits per heavy atom. The van der Waals surface area contributed by atoms with Gasteiger partial charge < -0.3 is 4.57 Å². The highest BCUT2D eigenvalue weighted by Crippen LogP contribution is 2.47. The van der Waals surface area contributed by atoms with Gasteiger partial charge in [-0.1, -0.05) is 18.5 Å². The first-order chi connectivity index (χ1) is 9.70. The summed E-state index contributed by atoms with van der Waals surface area (Å²) in [6.45, 7) is 3.38. The molecule has 2 nitrogen and oxygen atoms in total. The average Bonchev–Trinajstić information content (AvgIpc) is 2.83. The summed E-state index contributed by atoms with van der Waals surface area (Å²) in [6, 6.07) is 7.75. The molecule has 2 aromatic rings. The lowest BCUT2D eigenvalue weighted by Crippen LogP contribution is -2.34. The summed E-state index contributed by atoms with van der Waals surface area (Å²) in [7, 11) is 2.29. The van der Waals surface area contributed by atoms with E-state index in [4.69, 9.17) is 11.6 Å². The summed E-state index contributed by atoms with van der Waals surface area (Å²) >= 11 is 6.26. The van der Waals surface area contributed by atoms with Crippen molar-refractivity contribution < 1.29 is 0 Å². The average molecular weight is 289 g/mol. The number of aryl methyl sites for hydroxylation is 1. The maximum atomic E-state index is 6.26. The molecule has 2 aliphatic rings. The Bertz CT molecular complexity index is 673. The molecule has 0 saturated carbocycles. The van der Waals surface area contributed by atoms with Crippen molar-refractivity contribution in [3.05, 3.63) is 34.5 Å². The Morgan fingerprint density at radius 1 is 1.30 bits per heavy atom. The van der Waals surface area contributed by atoms with Gasteiger partial charge in [-0.2, -0.15) is 0 Å². The highest BCUT2D eigenvalue weighted by Gasteiger charge is 2.40. The van der Waals surface area contributed by atoms with Gasteiger partial charge in [-0.15, -0.1) is 0 Å².